The summed E-state index contributed by atoms with van der Waals surface area (Å²) >= 11 is 0. The van der Waals surface area contributed by atoms with Crippen molar-refractivity contribution in [2.45, 2.75) is 12.6 Å². The summed E-state index contributed by atoms with van der Waals surface area (Å²) in [4.78, 5) is 24.5. The van der Waals surface area contributed by atoms with Gasteiger partial charge in [-0.15, -0.1) is 0 Å². The molecule has 30 heavy (non-hydrogen) atoms. The van der Waals surface area contributed by atoms with E-state index in [9.17, 15) is 14.7 Å². The molecule has 0 saturated heterocycles. The van der Waals surface area contributed by atoms with Crippen LogP contribution in [-0.4, -0.2) is 43.2 Å². The Labute approximate surface area is 172 Å². The van der Waals surface area contributed by atoms with E-state index in [0.29, 0.717) is 23.0 Å². The highest BCUT2D eigenvalue weighted by Gasteiger charge is 2.19. The number of amides is 2. The summed E-state index contributed by atoms with van der Waals surface area (Å²) in [7, 11) is 0. The molecule has 2 amide bonds. The van der Waals surface area contributed by atoms with E-state index >= 15 is 0 Å². The highest BCUT2D eigenvalue weighted by atomic mass is 16.7. The zero-order valence-corrected chi connectivity index (χ0v) is 15.9. The van der Waals surface area contributed by atoms with E-state index in [0.717, 1.165) is 11.1 Å². The van der Waals surface area contributed by atoms with E-state index in [4.69, 9.17) is 18.9 Å². The predicted molar refractivity (Wildman–Crippen MR) is 105 cm³/mol. The SMILES string of the molecule is O=C(C=Cc1ccc2c(c1)OCO2)NC(CO)C(=O)NCc1ccc2c(c1)OCO2. The summed E-state index contributed by atoms with van der Waals surface area (Å²) in [6.07, 6.45) is 2.86. The summed E-state index contributed by atoms with van der Waals surface area (Å²) < 4.78 is 21.1. The monoisotopic (exact) mass is 412 g/mol. The fraction of sp³-hybridized carbons (Fsp3) is 0.238. The fourth-order valence-corrected chi connectivity index (χ4v) is 2.97. The molecule has 0 spiro atoms. The first-order valence-corrected chi connectivity index (χ1v) is 9.28. The van der Waals surface area contributed by atoms with Crippen LogP contribution in [0.3, 0.4) is 0 Å². The topological polar surface area (TPSA) is 115 Å². The third-order valence-electron chi connectivity index (χ3n) is 4.54. The van der Waals surface area contributed by atoms with E-state index in [2.05, 4.69) is 10.6 Å². The van der Waals surface area contributed by atoms with Crippen molar-refractivity contribution in [1.82, 2.24) is 10.6 Å². The molecular formula is C21H20N2O7. The normalized spacial score (nSPS) is 14.6. The quantitative estimate of drug-likeness (QED) is 0.580. The zero-order valence-electron chi connectivity index (χ0n) is 15.9. The molecule has 156 valence electrons. The Hall–Kier alpha value is -3.72. The largest absolute Gasteiger partial charge is 0.454 e. The van der Waals surface area contributed by atoms with Gasteiger partial charge in [0.1, 0.15) is 6.04 Å². The summed E-state index contributed by atoms with van der Waals surface area (Å²) in [5, 5.41) is 14.7. The maximum absolute atomic E-state index is 12.3. The van der Waals surface area contributed by atoms with Gasteiger partial charge in [0, 0.05) is 12.6 Å². The lowest BCUT2D eigenvalue weighted by Crippen LogP contribution is -2.48. The Balaban J connectivity index is 1.29. The molecule has 4 rings (SSSR count). The molecule has 9 heteroatoms. The number of carbonyl (C=O) groups excluding carboxylic acids is 2. The third kappa shape index (κ3) is 4.47. The van der Waals surface area contributed by atoms with Gasteiger partial charge in [0.05, 0.1) is 6.61 Å². The smallest absolute Gasteiger partial charge is 0.245 e. The minimum absolute atomic E-state index is 0.169. The molecule has 0 aliphatic carbocycles. The van der Waals surface area contributed by atoms with Crippen molar-refractivity contribution in [3.8, 4) is 23.0 Å². The highest BCUT2D eigenvalue weighted by Crippen LogP contribution is 2.33. The number of fused-ring (bicyclic) bond motifs is 2. The maximum atomic E-state index is 12.3. The molecule has 0 fully saturated rings. The van der Waals surface area contributed by atoms with Crippen LogP contribution in [0.4, 0.5) is 0 Å². The molecule has 1 unspecified atom stereocenters. The van der Waals surface area contributed by atoms with E-state index in [1.165, 1.54) is 6.08 Å². The Morgan fingerprint density at radius 3 is 2.37 bits per heavy atom. The van der Waals surface area contributed by atoms with Gasteiger partial charge >= 0.3 is 0 Å². The molecule has 2 aliphatic rings. The Kier molecular flexibility index (Phi) is 5.71. The molecule has 3 N–H and O–H groups in total. The minimum Gasteiger partial charge on any atom is -0.454 e. The molecule has 2 heterocycles. The molecule has 2 aromatic rings. The van der Waals surface area contributed by atoms with Gasteiger partial charge in [-0.2, -0.15) is 0 Å². The predicted octanol–water partition coefficient (Wildman–Crippen LogP) is 0.951. The summed E-state index contributed by atoms with van der Waals surface area (Å²) in [6.45, 7) is 0.0253. The van der Waals surface area contributed by atoms with E-state index < -0.39 is 24.5 Å². The maximum Gasteiger partial charge on any atom is 0.245 e. The lowest BCUT2D eigenvalue weighted by molar-refractivity contribution is -0.128. The van der Waals surface area contributed by atoms with Crippen molar-refractivity contribution >= 4 is 17.9 Å². The number of hydrogen-bond donors (Lipinski definition) is 3. The summed E-state index contributed by atoms with van der Waals surface area (Å²) in [5.41, 5.74) is 1.54. The van der Waals surface area contributed by atoms with Gasteiger partial charge in [0.25, 0.3) is 0 Å². The van der Waals surface area contributed by atoms with Gasteiger partial charge in [0.2, 0.25) is 25.4 Å². The molecule has 0 aromatic heterocycles. The van der Waals surface area contributed by atoms with Crippen LogP contribution in [0.2, 0.25) is 0 Å². The second-order valence-corrected chi connectivity index (χ2v) is 6.60. The first kappa shape index (κ1) is 19.6. The van der Waals surface area contributed by atoms with Crippen molar-refractivity contribution in [3.05, 3.63) is 53.6 Å². The van der Waals surface area contributed by atoms with Crippen LogP contribution < -0.4 is 29.6 Å². The van der Waals surface area contributed by atoms with Gasteiger partial charge in [-0.25, -0.2) is 0 Å². The highest BCUT2D eigenvalue weighted by molar-refractivity contribution is 5.95. The van der Waals surface area contributed by atoms with Crippen LogP contribution >= 0.6 is 0 Å². The van der Waals surface area contributed by atoms with Crippen LogP contribution in [-0.2, 0) is 16.1 Å². The average molecular weight is 412 g/mol. The number of aliphatic hydroxyl groups excluding tert-OH is 1. The first-order chi connectivity index (χ1) is 14.6. The second kappa shape index (κ2) is 8.75. The number of ether oxygens (including phenoxy) is 4. The summed E-state index contributed by atoms with van der Waals surface area (Å²) in [5.74, 6) is 1.51. The Morgan fingerprint density at radius 2 is 1.63 bits per heavy atom. The first-order valence-electron chi connectivity index (χ1n) is 9.28. The van der Waals surface area contributed by atoms with Crippen LogP contribution in [0.15, 0.2) is 42.5 Å². The lowest BCUT2D eigenvalue weighted by atomic mass is 10.2. The van der Waals surface area contributed by atoms with Gasteiger partial charge in [0.15, 0.2) is 23.0 Å². The molecule has 1 atom stereocenters. The number of aliphatic hydroxyl groups is 1. The molecule has 9 nitrogen and oxygen atoms in total. The van der Waals surface area contributed by atoms with Gasteiger partial charge in [-0.1, -0.05) is 12.1 Å². The van der Waals surface area contributed by atoms with Crippen LogP contribution in [0, 0.1) is 0 Å². The van der Waals surface area contributed by atoms with Crippen molar-refractivity contribution in [1.29, 1.82) is 0 Å². The number of benzene rings is 2. The van der Waals surface area contributed by atoms with Crippen LogP contribution in [0.5, 0.6) is 23.0 Å². The summed E-state index contributed by atoms with van der Waals surface area (Å²) in [6, 6.07) is 9.52. The molecule has 2 aliphatic heterocycles. The Morgan fingerprint density at radius 1 is 0.967 bits per heavy atom. The van der Waals surface area contributed by atoms with Crippen molar-refractivity contribution in [3.63, 3.8) is 0 Å². The van der Waals surface area contributed by atoms with Gasteiger partial charge < -0.3 is 34.7 Å². The van der Waals surface area contributed by atoms with Gasteiger partial charge in [-0.3, -0.25) is 9.59 Å². The molecule has 2 aromatic carbocycles. The van der Waals surface area contributed by atoms with E-state index in [-0.39, 0.29) is 20.1 Å². The van der Waals surface area contributed by atoms with E-state index in [1.807, 2.05) is 0 Å². The Bertz CT molecular complexity index is 989. The molecule has 0 radical (unpaired) electrons. The zero-order chi connectivity index (χ0) is 20.9. The molecule has 0 saturated carbocycles. The van der Waals surface area contributed by atoms with Crippen molar-refractivity contribution in [2.75, 3.05) is 20.2 Å². The fourth-order valence-electron chi connectivity index (χ4n) is 2.97. The van der Waals surface area contributed by atoms with Gasteiger partial charge in [-0.05, 0) is 41.5 Å². The standard InChI is InChI=1S/C21H20N2O7/c24-10-15(21(26)22-9-14-2-5-17-19(8-14)30-12-28-17)23-20(25)6-3-13-1-4-16-18(7-13)29-11-27-16/h1-8,15,24H,9-12H2,(H,22,26)(H,23,25). The van der Waals surface area contributed by atoms with Crippen molar-refractivity contribution < 1.29 is 33.6 Å². The molecular weight excluding hydrogens is 392 g/mol. The average Bonchev–Trinajstić information content (AvgIpc) is 3.42. The second-order valence-electron chi connectivity index (χ2n) is 6.60. The number of carbonyl (C=O) groups is 2. The van der Waals surface area contributed by atoms with Crippen LogP contribution in [0.25, 0.3) is 6.08 Å². The third-order valence-corrected chi connectivity index (χ3v) is 4.54. The minimum atomic E-state index is -1.08. The number of nitrogens with one attached hydrogen (secondary N) is 2. The van der Waals surface area contributed by atoms with E-state index in [1.54, 1.807) is 42.5 Å². The lowest BCUT2D eigenvalue weighted by Gasteiger charge is -2.15. The molecule has 0 bridgehead atoms. The number of rotatable bonds is 7. The number of hydrogen-bond acceptors (Lipinski definition) is 7. The van der Waals surface area contributed by atoms with Crippen LogP contribution in [0.1, 0.15) is 11.1 Å². The van der Waals surface area contributed by atoms with Crippen molar-refractivity contribution in [2.24, 2.45) is 0 Å².